The number of rotatable bonds is 3. The molecule has 0 fully saturated rings. The smallest absolute Gasteiger partial charge is 0.151 e. The summed E-state index contributed by atoms with van der Waals surface area (Å²) in [7, 11) is -2.95. The van der Waals surface area contributed by atoms with E-state index in [0.717, 1.165) is 11.3 Å². The zero-order valence-electron chi connectivity index (χ0n) is 7.73. The maximum Gasteiger partial charge on any atom is 0.151 e. The van der Waals surface area contributed by atoms with Gasteiger partial charge in [-0.3, -0.25) is 5.84 Å². The molecule has 0 spiro atoms. The Bertz CT molecular complexity index is 375. The van der Waals surface area contributed by atoms with Gasteiger partial charge in [-0.15, -0.1) is 12.4 Å². The number of nitrogens with one attached hydrogen (secondary N) is 1. The van der Waals surface area contributed by atoms with Crippen molar-refractivity contribution in [3.8, 4) is 0 Å². The van der Waals surface area contributed by atoms with Crippen LogP contribution in [0.5, 0.6) is 0 Å². The summed E-state index contributed by atoms with van der Waals surface area (Å²) in [6.07, 6.45) is 1.21. The minimum atomic E-state index is -2.95. The summed E-state index contributed by atoms with van der Waals surface area (Å²) in [6.45, 7) is 0. The molecule has 0 bridgehead atoms. The van der Waals surface area contributed by atoms with Gasteiger partial charge in [0.15, 0.2) is 9.84 Å². The van der Waals surface area contributed by atoms with Gasteiger partial charge in [0.05, 0.1) is 5.75 Å². The highest BCUT2D eigenvalue weighted by Gasteiger charge is 2.03. The Kier molecular flexibility index (Phi) is 4.90. The van der Waals surface area contributed by atoms with E-state index in [-0.39, 0.29) is 18.2 Å². The average molecular weight is 237 g/mol. The molecule has 0 unspecified atom stereocenters. The highest BCUT2D eigenvalue weighted by atomic mass is 35.5. The Morgan fingerprint density at radius 2 is 1.79 bits per heavy atom. The van der Waals surface area contributed by atoms with Crippen LogP contribution in [-0.4, -0.2) is 14.7 Å². The van der Waals surface area contributed by atoms with E-state index in [0.29, 0.717) is 0 Å². The third-order valence-electron chi connectivity index (χ3n) is 1.55. The molecular weight excluding hydrogens is 224 g/mol. The molecule has 0 radical (unpaired) electrons. The van der Waals surface area contributed by atoms with Crippen molar-refractivity contribution < 1.29 is 8.42 Å². The summed E-state index contributed by atoms with van der Waals surface area (Å²) < 4.78 is 21.8. The molecule has 1 aromatic rings. The molecule has 0 saturated heterocycles. The summed E-state index contributed by atoms with van der Waals surface area (Å²) in [5, 5.41) is 0. The van der Waals surface area contributed by atoms with Gasteiger partial charge in [0.1, 0.15) is 0 Å². The summed E-state index contributed by atoms with van der Waals surface area (Å²) in [5.41, 5.74) is 3.99. The van der Waals surface area contributed by atoms with Crippen molar-refractivity contribution in [2.45, 2.75) is 5.75 Å². The average Bonchev–Trinajstić information content (AvgIpc) is 2.03. The number of nitrogen functional groups attached to an aromatic ring is 1. The minimum Gasteiger partial charge on any atom is -0.324 e. The summed E-state index contributed by atoms with van der Waals surface area (Å²) in [5.74, 6) is 5.23. The Hall–Kier alpha value is -0.780. The molecule has 14 heavy (non-hydrogen) atoms. The number of sulfone groups is 1. The van der Waals surface area contributed by atoms with Crippen LogP contribution in [0.25, 0.3) is 0 Å². The maximum atomic E-state index is 10.9. The lowest BCUT2D eigenvalue weighted by Crippen LogP contribution is -2.06. The lowest BCUT2D eigenvalue weighted by Gasteiger charge is -2.01. The van der Waals surface area contributed by atoms with E-state index in [4.69, 9.17) is 5.84 Å². The normalized spacial score (nSPS) is 10.4. The van der Waals surface area contributed by atoms with Gasteiger partial charge in [-0.05, 0) is 17.7 Å². The van der Waals surface area contributed by atoms with Crippen LogP contribution >= 0.6 is 12.4 Å². The first-order chi connectivity index (χ1) is 6.01. The van der Waals surface area contributed by atoms with Crippen LogP contribution in [0.1, 0.15) is 5.56 Å². The van der Waals surface area contributed by atoms with Crippen LogP contribution in [0.2, 0.25) is 0 Å². The molecular formula is C8H13ClN2O2S. The number of benzene rings is 1. The predicted molar refractivity (Wildman–Crippen MR) is 60.0 cm³/mol. The third kappa shape index (κ3) is 4.45. The van der Waals surface area contributed by atoms with E-state index in [9.17, 15) is 8.42 Å². The lowest BCUT2D eigenvalue weighted by atomic mass is 10.2. The van der Waals surface area contributed by atoms with Gasteiger partial charge < -0.3 is 5.43 Å². The minimum absolute atomic E-state index is 0. The fourth-order valence-corrected chi connectivity index (χ4v) is 1.80. The van der Waals surface area contributed by atoms with Crippen molar-refractivity contribution in [2.24, 2.45) is 5.84 Å². The maximum absolute atomic E-state index is 10.9. The highest BCUT2D eigenvalue weighted by Crippen LogP contribution is 2.10. The molecule has 0 aromatic heterocycles. The van der Waals surface area contributed by atoms with Crippen molar-refractivity contribution in [1.29, 1.82) is 0 Å². The molecule has 0 heterocycles. The fourth-order valence-electron chi connectivity index (χ4n) is 1.000. The number of hydrogen-bond acceptors (Lipinski definition) is 4. The van der Waals surface area contributed by atoms with Crippen molar-refractivity contribution in [2.75, 3.05) is 11.7 Å². The second-order valence-corrected chi connectivity index (χ2v) is 5.05. The Balaban J connectivity index is 0.00000169. The summed E-state index contributed by atoms with van der Waals surface area (Å²) in [6, 6.07) is 6.94. The molecule has 0 aliphatic heterocycles. The number of nitrogens with two attached hydrogens (primary N) is 1. The first kappa shape index (κ1) is 13.2. The van der Waals surface area contributed by atoms with Gasteiger partial charge in [0.2, 0.25) is 0 Å². The summed E-state index contributed by atoms with van der Waals surface area (Å²) >= 11 is 0. The van der Waals surface area contributed by atoms with E-state index in [1.807, 2.05) is 0 Å². The van der Waals surface area contributed by atoms with Crippen molar-refractivity contribution in [3.05, 3.63) is 29.8 Å². The van der Waals surface area contributed by atoms with E-state index < -0.39 is 9.84 Å². The van der Waals surface area contributed by atoms with Gasteiger partial charge in [-0.25, -0.2) is 8.42 Å². The molecule has 0 amide bonds. The van der Waals surface area contributed by atoms with Crippen molar-refractivity contribution in [3.63, 3.8) is 0 Å². The van der Waals surface area contributed by atoms with E-state index >= 15 is 0 Å². The van der Waals surface area contributed by atoms with Crippen LogP contribution in [0.4, 0.5) is 5.69 Å². The van der Waals surface area contributed by atoms with E-state index in [1.165, 1.54) is 6.26 Å². The Morgan fingerprint density at radius 1 is 1.29 bits per heavy atom. The second kappa shape index (κ2) is 5.19. The molecule has 0 aliphatic rings. The fraction of sp³-hybridized carbons (Fsp3) is 0.250. The highest BCUT2D eigenvalue weighted by molar-refractivity contribution is 7.89. The number of anilines is 1. The summed E-state index contributed by atoms with van der Waals surface area (Å²) in [4.78, 5) is 0. The molecule has 6 heteroatoms. The van der Waals surface area contributed by atoms with Crippen molar-refractivity contribution >= 4 is 27.9 Å². The number of hydrazine groups is 1. The first-order valence-corrected chi connectivity index (χ1v) is 5.80. The topological polar surface area (TPSA) is 72.2 Å². The van der Waals surface area contributed by atoms with Gasteiger partial charge in [0, 0.05) is 11.9 Å². The molecule has 0 saturated carbocycles. The molecule has 1 aromatic carbocycles. The molecule has 0 atom stereocenters. The largest absolute Gasteiger partial charge is 0.324 e. The van der Waals surface area contributed by atoms with Crippen LogP contribution in [0.3, 0.4) is 0 Å². The van der Waals surface area contributed by atoms with Gasteiger partial charge in [-0.2, -0.15) is 0 Å². The monoisotopic (exact) mass is 236 g/mol. The lowest BCUT2D eigenvalue weighted by molar-refractivity contribution is 0.601. The van der Waals surface area contributed by atoms with Gasteiger partial charge in [0.25, 0.3) is 0 Å². The Labute approximate surface area is 89.8 Å². The van der Waals surface area contributed by atoms with Gasteiger partial charge in [-0.1, -0.05) is 12.1 Å². The number of halogens is 1. The van der Waals surface area contributed by atoms with Crippen LogP contribution in [0.15, 0.2) is 24.3 Å². The first-order valence-electron chi connectivity index (χ1n) is 3.74. The third-order valence-corrected chi connectivity index (χ3v) is 2.41. The van der Waals surface area contributed by atoms with Crippen LogP contribution in [0, 0.1) is 0 Å². The van der Waals surface area contributed by atoms with Gasteiger partial charge >= 0.3 is 0 Å². The Morgan fingerprint density at radius 3 is 2.14 bits per heavy atom. The predicted octanol–water partition coefficient (Wildman–Crippen LogP) is 0.939. The quantitative estimate of drug-likeness (QED) is 0.605. The molecule has 0 aliphatic carbocycles. The van der Waals surface area contributed by atoms with Crippen molar-refractivity contribution in [1.82, 2.24) is 0 Å². The van der Waals surface area contributed by atoms with Crippen LogP contribution < -0.4 is 11.3 Å². The molecule has 3 N–H and O–H groups in total. The second-order valence-electron chi connectivity index (χ2n) is 2.91. The van der Waals surface area contributed by atoms with Crippen LogP contribution in [-0.2, 0) is 15.6 Å². The number of hydrogen-bond donors (Lipinski definition) is 2. The SMILES string of the molecule is CS(=O)(=O)Cc1ccc(NN)cc1.Cl. The van der Waals surface area contributed by atoms with E-state index in [1.54, 1.807) is 24.3 Å². The zero-order valence-corrected chi connectivity index (χ0v) is 9.36. The zero-order chi connectivity index (χ0) is 9.90. The molecule has 4 nitrogen and oxygen atoms in total. The van der Waals surface area contributed by atoms with E-state index in [2.05, 4.69) is 5.43 Å². The standard InChI is InChI=1S/C8H12N2O2S.ClH/c1-13(11,12)6-7-2-4-8(10-9)5-3-7;/h2-5,10H,6,9H2,1H3;1H. The molecule has 80 valence electrons. The molecule has 1 rings (SSSR count).